The molecule has 0 radical (unpaired) electrons. The normalized spacial score (nSPS) is 12.4. The van der Waals surface area contributed by atoms with Crippen LogP contribution in [0.1, 0.15) is 6.92 Å². The van der Waals surface area contributed by atoms with Gasteiger partial charge in [0.15, 0.2) is 0 Å². The molecule has 1 atom stereocenters. The molecule has 15 heavy (non-hydrogen) atoms. The molecule has 1 unspecified atom stereocenters. The summed E-state index contributed by atoms with van der Waals surface area (Å²) in [7, 11) is 0. The lowest BCUT2D eigenvalue weighted by molar-refractivity contribution is 0.740. The van der Waals surface area contributed by atoms with Crippen LogP contribution in [-0.4, -0.2) is 18.3 Å². The van der Waals surface area contributed by atoms with Crippen LogP contribution in [0.25, 0.3) is 0 Å². The standard InChI is InChI=1S/C12H16BrNS/c1-3-7-14-9-10(2)15-12-6-4-5-11(13)8-12/h3-6,8,10,14H,1,7,9H2,2H3. The van der Waals surface area contributed by atoms with Gasteiger partial charge in [0, 0.05) is 27.7 Å². The molecule has 0 aliphatic heterocycles. The smallest absolute Gasteiger partial charge is 0.0191 e. The highest BCUT2D eigenvalue weighted by Gasteiger charge is 2.03. The van der Waals surface area contributed by atoms with Crippen molar-refractivity contribution >= 4 is 27.7 Å². The van der Waals surface area contributed by atoms with Crippen LogP contribution in [0, 0.1) is 0 Å². The maximum Gasteiger partial charge on any atom is 0.0191 e. The number of benzene rings is 1. The Morgan fingerprint density at radius 3 is 3.07 bits per heavy atom. The lowest BCUT2D eigenvalue weighted by atomic mass is 10.4. The van der Waals surface area contributed by atoms with Crippen LogP contribution in [0.4, 0.5) is 0 Å². The zero-order chi connectivity index (χ0) is 11.1. The van der Waals surface area contributed by atoms with Crippen LogP contribution in [0.5, 0.6) is 0 Å². The first-order valence-electron chi connectivity index (χ1n) is 4.96. The molecule has 1 nitrogen and oxygen atoms in total. The second-order valence-electron chi connectivity index (χ2n) is 3.33. The van der Waals surface area contributed by atoms with Gasteiger partial charge in [0.05, 0.1) is 0 Å². The minimum atomic E-state index is 0.569. The van der Waals surface area contributed by atoms with Crippen molar-refractivity contribution in [3.63, 3.8) is 0 Å². The molecule has 0 spiro atoms. The first-order valence-corrected chi connectivity index (χ1v) is 6.63. The summed E-state index contributed by atoms with van der Waals surface area (Å²) in [6, 6.07) is 8.40. The van der Waals surface area contributed by atoms with Crippen LogP contribution < -0.4 is 5.32 Å². The van der Waals surface area contributed by atoms with Gasteiger partial charge in [-0.1, -0.05) is 35.0 Å². The summed E-state index contributed by atoms with van der Waals surface area (Å²) in [6.45, 7) is 7.78. The van der Waals surface area contributed by atoms with Crippen molar-refractivity contribution in [3.8, 4) is 0 Å². The van der Waals surface area contributed by atoms with Gasteiger partial charge in [-0.25, -0.2) is 0 Å². The molecule has 0 aliphatic rings. The van der Waals surface area contributed by atoms with E-state index in [2.05, 4.69) is 52.9 Å². The molecule has 82 valence electrons. The predicted octanol–water partition coefficient (Wildman–Crippen LogP) is 3.71. The van der Waals surface area contributed by atoms with Crippen molar-refractivity contribution in [3.05, 3.63) is 41.4 Å². The van der Waals surface area contributed by atoms with Gasteiger partial charge in [-0.2, -0.15) is 0 Å². The van der Waals surface area contributed by atoms with Gasteiger partial charge in [0.1, 0.15) is 0 Å². The molecule has 0 aromatic heterocycles. The van der Waals surface area contributed by atoms with Crippen molar-refractivity contribution in [2.45, 2.75) is 17.1 Å². The third kappa shape index (κ3) is 5.40. The first kappa shape index (κ1) is 12.8. The average Bonchev–Trinajstić information content (AvgIpc) is 2.18. The van der Waals surface area contributed by atoms with Gasteiger partial charge in [-0.3, -0.25) is 0 Å². The van der Waals surface area contributed by atoms with Gasteiger partial charge in [-0.15, -0.1) is 18.3 Å². The number of halogens is 1. The molecule has 3 heteroatoms. The number of thioether (sulfide) groups is 1. The summed E-state index contributed by atoms with van der Waals surface area (Å²) >= 11 is 5.36. The Morgan fingerprint density at radius 2 is 2.40 bits per heavy atom. The molecule has 1 N–H and O–H groups in total. The van der Waals surface area contributed by atoms with Crippen LogP contribution in [0.2, 0.25) is 0 Å². The van der Waals surface area contributed by atoms with Crippen molar-refractivity contribution in [2.24, 2.45) is 0 Å². The van der Waals surface area contributed by atoms with Crippen LogP contribution in [0.3, 0.4) is 0 Å². The van der Waals surface area contributed by atoms with Crippen molar-refractivity contribution < 1.29 is 0 Å². The maximum absolute atomic E-state index is 3.68. The summed E-state index contributed by atoms with van der Waals surface area (Å²) in [5.74, 6) is 0. The van der Waals surface area contributed by atoms with E-state index in [1.54, 1.807) is 0 Å². The van der Waals surface area contributed by atoms with Gasteiger partial charge in [0.2, 0.25) is 0 Å². The Morgan fingerprint density at radius 1 is 1.60 bits per heavy atom. The van der Waals surface area contributed by atoms with E-state index < -0.39 is 0 Å². The Bertz CT molecular complexity index is 314. The number of hydrogen-bond donors (Lipinski definition) is 1. The summed E-state index contributed by atoms with van der Waals surface area (Å²) in [5, 5.41) is 3.89. The molecule has 0 amide bonds. The topological polar surface area (TPSA) is 12.0 Å². The fraction of sp³-hybridized carbons (Fsp3) is 0.333. The lowest BCUT2D eigenvalue weighted by Gasteiger charge is -2.11. The Labute approximate surface area is 104 Å². The Kier molecular flexibility index (Phi) is 6.06. The van der Waals surface area contributed by atoms with Gasteiger partial charge in [0.25, 0.3) is 0 Å². The van der Waals surface area contributed by atoms with Crippen LogP contribution >= 0.6 is 27.7 Å². The number of nitrogens with one attached hydrogen (secondary N) is 1. The van der Waals surface area contributed by atoms with E-state index >= 15 is 0 Å². The molecule has 1 aromatic carbocycles. The molecule has 1 rings (SSSR count). The predicted molar refractivity (Wildman–Crippen MR) is 72.5 cm³/mol. The maximum atomic E-state index is 3.68. The zero-order valence-corrected chi connectivity index (χ0v) is 11.3. The zero-order valence-electron chi connectivity index (χ0n) is 8.87. The van der Waals surface area contributed by atoms with Gasteiger partial charge in [-0.05, 0) is 18.2 Å². The molecule has 1 aromatic rings. The van der Waals surface area contributed by atoms with E-state index in [4.69, 9.17) is 0 Å². The van der Waals surface area contributed by atoms with Crippen molar-refractivity contribution in [1.82, 2.24) is 5.32 Å². The molecule has 0 saturated heterocycles. The molecule has 0 aliphatic carbocycles. The monoisotopic (exact) mass is 285 g/mol. The highest BCUT2D eigenvalue weighted by molar-refractivity contribution is 9.10. The SMILES string of the molecule is C=CCNCC(C)Sc1cccc(Br)c1. The fourth-order valence-corrected chi connectivity index (χ4v) is 2.77. The average molecular weight is 286 g/mol. The molecule has 0 bridgehead atoms. The first-order chi connectivity index (χ1) is 7.22. The van der Waals surface area contributed by atoms with Gasteiger partial charge >= 0.3 is 0 Å². The highest BCUT2D eigenvalue weighted by Crippen LogP contribution is 2.25. The van der Waals surface area contributed by atoms with Gasteiger partial charge < -0.3 is 5.32 Å². The summed E-state index contributed by atoms with van der Waals surface area (Å²) < 4.78 is 1.14. The molecule has 0 heterocycles. The summed E-state index contributed by atoms with van der Waals surface area (Å²) in [5.41, 5.74) is 0. The van der Waals surface area contributed by atoms with Crippen molar-refractivity contribution in [2.75, 3.05) is 13.1 Å². The molecule has 0 fully saturated rings. The van der Waals surface area contributed by atoms with E-state index in [9.17, 15) is 0 Å². The molecular weight excluding hydrogens is 270 g/mol. The Hall–Kier alpha value is -0.250. The van der Waals surface area contributed by atoms with E-state index in [0.29, 0.717) is 5.25 Å². The minimum absolute atomic E-state index is 0.569. The molecule has 0 saturated carbocycles. The van der Waals surface area contributed by atoms with E-state index in [0.717, 1.165) is 17.6 Å². The summed E-state index contributed by atoms with van der Waals surface area (Å²) in [6.07, 6.45) is 1.89. The largest absolute Gasteiger partial charge is 0.312 e. The summed E-state index contributed by atoms with van der Waals surface area (Å²) in [4.78, 5) is 1.30. The van der Waals surface area contributed by atoms with E-state index in [1.807, 2.05) is 23.9 Å². The minimum Gasteiger partial charge on any atom is -0.312 e. The third-order valence-electron chi connectivity index (χ3n) is 1.85. The quantitative estimate of drug-likeness (QED) is 0.486. The lowest BCUT2D eigenvalue weighted by Crippen LogP contribution is -2.22. The van der Waals surface area contributed by atoms with Crippen LogP contribution in [-0.2, 0) is 0 Å². The molecular formula is C12H16BrNS. The number of hydrogen-bond acceptors (Lipinski definition) is 2. The second-order valence-corrected chi connectivity index (χ2v) is 5.76. The van der Waals surface area contributed by atoms with Crippen LogP contribution in [0.15, 0.2) is 46.3 Å². The van der Waals surface area contributed by atoms with E-state index in [-0.39, 0.29) is 0 Å². The van der Waals surface area contributed by atoms with E-state index in [1.165, 1.54) is 4.90 Å². The third-order valence-corrected chi connectivity index (χ3v) is 3.44. The second kappa shape index (κ2) is 7.09. The highest BCUT2D eigenvalue weighted by atomic mass is 79.9. The number of rotatable bonds is 6. The van der Waals surface area contributed by atoms with Crippen molar-refractivity contribution in [1.29, 1.82) is 0 Å². The Balaban J connectivity index is 2.37. The fourth-order valence-electron chi connectivity index (χ4n) is 1.20.